The second kappa shape index (κ2) is 4.53. The Bertz CT molecular complexity index is 749. The van der Waals surface area contributed by atoms with E-state index < -0.39 is 5.97 Å². The average Bonchev–Trinajstić information content (AvgIpc) is 2.85. The summed E-state index contributed by atoms with van der Waals surface area (Å²) in [6.07, 6.45) is 1.65. The van der Waals surface area contributed by atoms with Crippen molar-refractivity contribution in [1.29, 1.82) is 0 Å². The molecule has 1 aromatic carbocycles. The Morgan fingerprint density at radius 2 is 2.16 bits per heavy atom. The van der Waals surface area contributed by atoms with Crippen LogP contribution in [0, 0.1) is 6.92 Å². The molecule has 0 amide bonds. The lowest BCUT2D eigenvalue weighted by atomic mass is 10.2. The molecule has 94 valence electrons. The van der Waals surface area contributed by atoms with E-state index in [1.807, 2.05) is 19.1 Å². The highest BCUT2D eigenvalue weighted by molar-refractivity contribution is 5.91. The minimum atomic E-state index is -0.484. The summed E-state index contributed by atoms with van der Waals surface area (Å²) in [5.41, 5.74) is 1.85. The molecule has 5 heteroatoms. The van der Waals surface area contributed by atoms with Crippen molar-refractivity contribution in [1.82, 2.24) is 15.2 Å². The molecular weight excluding hydrogens is 242 g/mol. The number of aryl methyl sites for hydroxylation is 1. The molecule has 0 aliphatic carbocycles. The predicted molar refractivity (Wildman–Crippen MR) is 70.0 cm³/mol. The zero-order valence-corrected chi connectivity index (χ0v) is 10.3. The number of aromatic amines is 1. The van der Waals surface area contributed by atoms with Crippen molar-refractivity contribution in [2.75, 3.05) is 0 Å². The van der Waals surface area contributed by atoms with Gasteiger partial charge in [0.15, 0.2) is 11.3 Å². The third kappa shape index (κ3) is 2.30. The molecule has 3 rings (SSSR count). The van der Waals surface area contributed by atoms with Crippen molar-refractivity contribution in [2.45, 2.75) is 6.92 Å². The molecule has 0 spiro atoms. The van der Waals surface area contributed by atoms with Crippen molar-refractivity contribution in [2.24, 2.45) is 0 Å². The van der Waals surface area contributed by atoms with E-state index in [0.717, 1.165) is 10.9 Å². The Morgan fingerprint density at radius 1 is 1.26 bits per heavy atom. The maximum atomic E-state index is 12.0. The topological polar surface area (TPSA) is 67.9 Å². The van der Waals surface area contributed by atoms with Gasteiger partial charge in [-0.3, -0.25) is 5.10 Å². The van der Waals surface area contributed by atoms with E-state index in [1.165, 1.54) is 0 Å². The predicted octanol–water partition coefficient (Wildman–Crippen LogP) is 2.49. The maximum Gasteiger partial charge on any atom is 0.362 e. The molecule has 2 heterocycles. The first-order valence-corrected chi connectivity index (χ1v) is 5.81. The van der Waals surface area contributed by atoms with Crippen LogP contribution in [-0.2, 0) is 0 Å². The normalized spacial score (nSPS) is 10.6. The lowest BCUT2D eigenvalue weighted by Crippen LogP contribution is -2.10. The van der Waals surface area contributed by atoms with Crippen LogP contribution in [0.1, 0.15) is 16.1 Å². The molecule has 2 aromatic heterocycles. The number of ether oxygens (including phenoxy) is 1. The van der Waals surface area contributed by atoms with Crippen LogP contribution >= 0.6 is 0 Å². The average molecular weight is 253 g/mol. The van der Waals surface area contributed by atoms with Gasteiger partial charge in [0, 0.05) is 5.39 Å². The quantitative estimate of drug-likeness (QED) is 0.562. The van der Waals surface area contributed by atoms with E-state index in [0.29, 0.717) is 11.4 Å². The lowest BCUT2D eigenvalue weighted by molar-refractivity contribution is 0.0729. The van der Waals surface area contributed by atoms with Gasteiger partial charge in [0.1, 0.15) is 5.75 Å². The van der Waals surface area contributed by atoms with Crippen molar-refractivity contribution < 1.29 is 9.53 Å². The number of hydrogen-bond acceptors (Lipinski definition) is 4. The molecule has 0 saturated heterocycles. The van der Waals surface area contributed by atoms with Gasteiger partial charge in [0.25, 0.3) is 0 Å². The van der Waals surface area contributed by atoms with Gasteiger partial charge in [-0.15, -0.1) is 0 Å². The Hall–Kier alpha value is -2.69. The van der Waals surface area contributed by atoms with Gasteiger partial charge in [-0.2, -0.15) is 5.10 Å². The molecule has 19 heavy (non-hydrogen) atoms. The number of nitrogens with zero attached hydrogens (tertiary/aromatic N) is 2. The number of H-pyrrole nitrogens is 1. The molecule has 0 fully saturated rings. The minimum absolute atomic E-state index is 0.248. The molecule has 0 unspecified atom stereocenters. The summed E-state index contributed by atoms with van der Waals surface area (Å²) in [4.78, 5) is 16.1. The van der Waals surface area contributed by atoms with Crippen LogP contribution in [-0.4, -0.2) is 21.2 Å². The Morgan fingerprint density at radius 3 is 3.00 bits per heavy atom. The van der Waals surface area contributed by atoms with Crippen LogP contribution in [0.4, 0.5) is 0 Å². The fraction of sp³-hybridized carbons (Fsp3) is 0.0714. The van der Waals surface area contributed by atoms with E-state index in [2.05, 4.69) is 15.2 Å². The van der Waals surface area contributed by atoms with Gasteiger partial charge in [-0.25, -0.2) is 9.78 Å². The Balaban J connectivity index is 1.87. The maximum absolute atomic E-state index is 12.0. The highest BCUT2D eigenvalue weighted by Gasteiger charge is 2.11. The Kier molecular flexibility index (Phi) is 2.72. The molecule has 0 radical (unpaired) electrons. The summed E-state index contributed by atoms with van der Waals surface area (Å²) in [7, 11) is 0. The summed E-state index contributed by atoms with van der Waals surface area (Å²) < 4.78 is 5.27. The number of nitrogens with one attached hydrogen (secondary N) is 1. The molecule has 5 nitrogen and oxygen atoms in total. The van der Waals surface area contributed by atoms with Crippen molar-refractivity contribution >= 4 is 17.0 Å². The molecule has 3 aromatic rings. The standard InChI is InChI=1S/C14H11N3O2/c1-9-3-2-4-11(7-9)19-14(18)12-6-5-10-8-15-17-13(10)16-12/h2-8H,1H3,(H,15,16,17). The highest BCUT2D eigenvalue weighted by Crippen LogP contribution is 2.15. The minimum Gasteiger partial charge on any atom is -0.422 e. The second-order valence-corrected chi connectivity index (χ2v) is 4.21. The Labute approximate surface area is 109 Å². The number of hydrogen-bond donors (Lipinski definition) is 1. The lowest BCUT2D eigenvalue weighted by Gasteiger charge is -2.04. The summed E-state index contributed by atoms with van der Waals surface area (Å²) >= 11 is 0. The third-order valence-corrected chi connectivity index (χ3v) is 2.71. The second-order valence-electron chi connectivity index (χ2n) is 4.21. The molecule has 0 saturated carbocycles. The summed E-state index contributed by atoms with van der Waals surface area (Å²) in [5.74, 6) is 0.0265. The number of esters is 1. The van der Waals surface area contributed by atoms with Crippen LogP contribution in [0.5, 0.6) is 5.75 Å². The summed E-state index contributed by atoms with van der Waals surface area (Å²) in [6, 6.07) is 10.7. The molecular formula is C14H11N3O2. The van der Waals surface area contributed by atoms with Gasteiger partial charge in [0.2, 0.25) is 0 Å². The van der Waals surface area contributed by atoms with Crippen molar-refractivity contribution in [3.05, 3.63) is 53.9 Å². The van der Waals surface area contributed by atoms with E-state index >= 15 is 0 Å². The largest absolute Gasteiger partial charge is 0.422 e. The van der Waals surface area contributed by atoms with E-state index in [9.17, 15) is 4.79 Å². The first-order valence-electron chi connectivity index (χ1n) is 5.81. The van der Waals surface area contributed by atoms with Gasteiger partial charge in [0.05, 0.1) is 6.20 Å². The van der Waals surface area contributed by atoms with Crippen LogP contribution in [0.2, 0.25) is 0 Å². The number of rotatable bonds is 2. The SMILES string of the molecule is Cc1cccc(OC(=O)c2ccc3cn[nH]c3n2)c1. The zero-order valence-electron chi connectivity index (χ0n) is 10.3. The molecule has 0 aliphatic heterocycles. The van der Waals surface area contributed by atoms with Crippen molar-refractivity contribution in [3.8, 4) is 5.75 Å². The van der Waals surface area contributed by atoms with Gasteiger partial charge >= 0.3 is 5.97 Å². The number of carbonyl (C=O) groups excluding carboxylic acids is 1. The first-order chi connectivity index (χ1) is 9.22. The van der Waals surface area contributed by atoms with E-state index in [1.54, 1.807) is 30.5 Å². The van der Waals surface area contributed by atoms with Crippen LogP contribution in [0.25, 0.3) is 11.0 Å². The monoisotopic (exact) mass is 253 g/mol. The van der Waals surface area contributed by atoms with Gasteiger partial charge < -0.3 is 4.74 Å². The summed E-state index contributed by atoms with van der Waals surface area (Å²) in [6.45, 7) is 1.94. The van der Waals surface area contributed by atoms with Crippen LogP contribution in [0.15, 0.2) is 42.6 Å². The third-order valence-electron chi connectivity index (χ3n) is 2.71. The number of benzene rings is 1. The van der Waals surface area contributed by atoms with Gasteiger partial charge in [-0.05, 0) is 36.8 Å². The first kappa shape index (κ1) is 11.4. The van der Waals surface area contributed by atoms with Gasteiger partial charge in [-0.1, -0.05) is 12.1 Å². The highest BCUT2D eigenvalue weighted by atomic mass is 16.5. The van der Waals surface area contributed by atoms with Crippen LogP contribution in [0.3, 0.4) is 0 Å². The molecule has 1 N–H and O–H groups in total. The zero-order chi connectivity index (χ0) is 13.2. The van der Waals surface area contributed by atoms with E-state index in [-0.39, 0.29) is 5.69 Å². The smallest absolute Gasteiger partial charge is 0.362 e. The summed E-state index contributed by atoms with van der Waals surface area (Å²) in [5, 5.41) is 7.43. The number of carbonyl (C=O) groups is 1. The van der Waals surface area contributed by atoms with Crippen molar-refractivity contribution in [3.63, 3.8) is 0 Å². The number of pyridine rings is 1. The fourth-order valence-corrected chi connectivity index (χ4v) is 1.78. The van der Waals surface area contributed by atoms with E-state index in [4.69, 9.17) is 4.74 Å². The fourth-order valence-electron chi connectivity index (χ4n) is 1.78. The number of fused-ring (bicyclic) bond motifs is 1. The van der Waals surface area contributed by atoms with Crippen LogP contribution < -0.4 is 4.74 Å². The molecule has 0 bridgehead atoms. The number of aromatic nitrogens is 3. The molecule has 0 aliphatic rings. The molecule has 0 atom stereocenters.